The van der Waals surface area contributed by atoms with E-state index in [1.807, 2.05) is 19.0 Å². The van der Waals surface area contributed by atoms with Crippen LogP contribution >= 0.6 is 0 Å². The lowest BCUT2D eigenvalue weighted by atomic mass is 10.3. The number of carbonyl (C=O) groups excluding carboxylic acids is 1. The number of carboxylic acids is 1. The van der Waals surface area contributed by atoms with Crippen LogP contribution in [0, 0.1) is 0 Å². The van der Waals surface area contributed by atoms with E-state index in [1.165, 1.54) is 0 Å². The Labute approximate surface area is 107 Å². The lowest BCUT2D eigenvalue weighted by Gasteiger charge is -2.14. The van der Waals surface area contributed by atoms with Gasteiger partial charge in [0.15, 0.2) is 9.84 Å². The molecule has 0 radical (unpaired) electrons. The molecule has 0 fully saturated rings. The normalized spacial score (nSPS) is 13.3. The van der Waals surface area contributed by atoms with Crippen LogP contribution in [0.4, 0.5) is 0 Å². The monoisotopic (exact) mass is 280 g/mol. The predicted molar refractivity (Wildman–Crippen MR) is 67.1 cm³/mol. The first-order valence-corrected chi connectivity index (χ1v) is 7.31. The molecular weight excluding hydrogens is 260 g/mol. The highest BCUT2D eigenvalue weighted by Crippen LogP contribution is 1.99. The molecule has 0 bridgehead atoms. The van der Waals surface area contributed by atoms with E-state index in [-0.39, 0.29) is 5.75 Å². The second-order valence-electron chi connectivity index (χ2n) is 4.36. The standard InChI is InChI=1S/C10H20N2O5S/c1-8(13)11-9(10(14)15)7-18(16,17)6-4-5-12(2)3/h9H,4-7H2,1-3H3,(H,11,13)(H,14,15)/t9-/m0/s1. The van der Waals surface area contributed by atoms with Crippen molar-refractivity contribution >= 4 is 21.7 Å². The molecule has 0 saturated heterocycles. The van der Waals surface area contributed by atoms with Crippen molar-refractivity contribution in [2.75, 3.05) is 32.1 Å². The summed E-state index contributed by atoms with van der Waals surface area (Å²) in [6.07, 6.45) is 0.432. The van der Waals surface area contributed by atoms with Gasteiger partial charge in [0, 0.05) is 6.92 Å². The molecule has 1 amide bonds. The summed E-state index contributed by atoms with van der Waals surface area (Å²) in [5.41, 5.74) is 0. The van der Waals surface area contributed by atoms with Crippen molar-refractivity contribution in [2.45, 2.75) is 19.4 Å². The van der Waals surface area contributed by atoms with Gasteiger partial charge in [-0.15, -0.1) is 0 Å². The molecule has 1 atom stereocenters. The zero-order valence-electron chi connectivity index (χ0n) is 10.8. The highest BCUT2D eigenvalue weighted by atomic mass is 32.2. The highest BCUT2D eigenvalue weighted by molar-refractivity contribution is 7.91. The minimum Gasteiger partial charge on any atom is -0.480 e. The van der Waals surface area contributed by atoms with E-state index >= 15 is 0 Å². The Balaban J connectivity index is 4.42. The fourth-order valence-corrected chi connectivity index (χ4v) is 2.83. The molecule has 0 spiro atoms. The van der Waals surface area contributed by atoms with E-state index in [0.29, 0.717) is 13.0 Å². The summed E-state index contributed by atoms with van der Waals surface area (Å²) >= 11 is 0. The van der Waals surface area contributed by atoms with Crippen LogP contribution in [0.25, 0.3) is 0 Å². The number of nitrogens with one attached hydrogen (secondary N) is 1. The highest BCUT2D eigenvalue weighted by Gasteiger charge is 2.25. The topological polar surface area (TPSA) is 104 Å². The SMILES string of the molecule is CC(=O)N[C@@H](CS(=O)(=O)CCCN(C)C)C(=O)O. The van der Waals surface area contributed by atoms with Gasteiger partial charge in [-0.25, -0.2) is 13.2 Å². The van der Waals surface area contributed by atoms with Crippen LogP contribution in [0.5, 0.6) is 0 Å². The molecule has 7 nitrogen and oxygen atoms in total. The molecular formula is C10H20N2O5S. The number of nitrogens with zero attached hydrogens (tertiary/aromatic N) is 1. The van der Waals surface area contributed by atoms with E-state index in [4.69, 9.17) is 5.11 Å². The molecule has 0 aromatic heterocycles. The van der Waals surface area contributed by atoms with Gasteiger partial charge in [-0.1, -0.05) is 0 Å². The summed E-state index contributed by atoms with van der Waals surface area (Å²) in [6.45, 7) is 1.76. The first-order chi connectivity index (χ1) is 8.14. The second kappa shape index (κ2) is 7.32. The van der Waals surface area contributed by atoms with E-state index in [2.05, 4.69) is 5.32 Å². The Morgan fingerprint density at radius 2 is 1.89 bits per heavy atom. The Bertz CT molecular complexity index is 391. The van der Waals surface area contributed by atoms with Crippen molar-refractivity contribution in [2.24, 2.45) is 0 Å². The fraction of sp³-hybridized carbons (Fsp3) is 0.800. The molecule has 0 unspecified atom stereocenters. The van der Waals surface area contributed by atoms with Crippen LogP contribution in [0.15, 0.2) is 0 Å². The number of hydrogen-bond donors (Lipinski definition) is 2. The minimum atomic E-state index is -3.49. The lowest BCUT2D eigenvalue weighted by molar-refractivity contribution is -0.140. The molecule has 0 aromatic rings. The van der Waals surface area contributed by atoms with Crippen molar-refractivity contribution in [1.82, 2.24) is 10.2 Å². The van der Waals surface area contributed by atoms with Crippen LogP contribution in [0.3, 0.4) is 0 Å². The number of rotatable bonds is 8. The van der Waals surface area contributed by atoms with Gasteiger partial charge in [-0.3, -0.25) is 4.79 Å². The second-order valence-corrected chi connectivity index (χ2v) is 6.59. The third-order valence-corrected chi connectivity index (χ3v) is 3.91. The molecule has 2 N–H and O–H groups in total. The maximum atomic E-state index is 11.7. The lowest BCUT2D eigenvalue weighted by Crippen LogP contribution is -2.44. The van der Waals surface area contributed by atoms with Crippen LogP contribution < -0.4 is 5.32 Å². The molecule has 8 heteroatoms. The summed E-state index contributed by atoms with van der Waals surface area (Å²) in [4.78, 5) is 23.4. The average Bonchev–Trinajstić information content (AvgIpc) is 2.14. The molecule has 0 aromatic carbocycles. The minimum absolute atomic E-state index is 0.0887. The summed E-state index contributed by atoms with van der Waals surface area (Å²) in [6, 6.07) is -1.38. The summed E-state index contributed by atoms with van der Waals surface area (Å²) in [5.74, 6) is -2.57. The number of carbonyl (C=O) groups is 2. The van der Waals surface area contributed by atoms with Crippen LogP contribution in [-0.4, -0.2) is 68.5 Å². The quantitative estimate of drug-likeness (QED) is 0.587. The van der Waals surface area contributed by atoms with E-state index in [0.717, 1.165) is 6.92 Å². The van der Waals surface area contributed by atoms with Gasteiger partial charge < -0.3 is 15.3 Å². The van der Waals surface area contributed by atoms with Gasteiger partial charge in [0.05, 0.1) is 11.5 Å². The zero-order chi connectivity index (χ0) is 14.3. The third-order valence-electron chi connectivity index (χ3n) is 2.16. The zero-order valence-corrected chi connectivity index (χ0v) is 11.7. The fourth-order valence-electron chi connectivity index (χ4n) is 1.36. The van der Waals surface area contributed by atoms with Gasteiger partial charge in [0.2, 0.25) is 5.91 Å². The van der Waals surface area contributed by atoms with Gasteiger partial charge in [0.25, 0.3) is 0 Å². The van der Waals surface area contributed by atoms with E-state index < -0.39 is 33.5 Å². The predicted octanol–water partition coefficient (Wildman–Crippen LogP) is -1.06. The van der Waals surface area contributed by atoms with E-state index in [9.17, 15) is 18.0 Å². The largest absolute Gasteiger partial charge is 0.480 e. The van der Waals surface area contributed by atoms with Crippen LogP contribution in [0.1, 0.15) is 13.3 Å². The summed E-state index contributed by atoms with van der Waals surface area (Å²) < 4.78 is 23.4. The van der Waals surface area contributed by atoms with Crippen LogP contribution in [-0.2, 0) is 19.4 Å². The van der Waals surface area contributed by atoms with Crippen molar-refractivity contribution in [3.63, 3.8) is 0 Å². The van der Waals surface area contributed by atoms with Gasteiger partial charge in [-0.05, 0) is 27.1 Å². The summed E-state index contributed by atoms with van der Waals surface area (Å²) in [5, 5.41) is 10.9. The maximum Gasteiger partial charge on any atom is 0.327 e. The molecule has 0 heterocycles. The number of sulfone groups is 1. The Kier molecular flexibility index (Phi) is 6.85. The maximum absolute atomic E-state index is 11.7. The van der Waals surface area contributed by atoms with Crippen molar-refractivity contribution in [1.29, 1.82) is 0 Å². The molecule has 0 aliphatic heterocycles. The molecule has 18 heavy (non-hydrogen) atoms. The first-order valence-electron chi connectivity index (χ1n) is 5.49. The van der Waals surface area contributed by atoms with Gasteiger partial charge >= 0.3 is 5.97 Å². The molecule has 0 aliphatic carbocycles. The van der Waals surface area contributed by atoms with Crippen molar-refractivity contribution in [3.8, 4) is 0 Å². The first kappa shape index (κ1) is 16.9. The number of amides is 1. The molecule has 106 valence electrons. The smallest absolute Gasteiger partial charge is 0.327 e. The summed E-state index contributed by atoms with van der Waals surface area (Å²) in [7, 11) is 0.157. The average molecular weight is 280 g/mol. The molecule has 0 saturated carbocycles. The van der Waals surface area contributed by atoms with Gasteiger partial charge in [0.1, 0.15) is 6.04 Å². The van der Waals surface area contributed by atoms with E-state index in [1.54, 1.807) is 0 Å². The Morgan fingerprint density at radius 1 is 1.33 bits per heavy atom. The third kappa shape index (κ3) is 8.02. The Hall–Kier alpha value is -1.15. The van der Waals surface area contributed by atoms with Crippen LogP contribution in [0.2, 0.25) is 0 Å². The molecule has 0 aliphatic rings. The van der Waals surface area contributed by atoms with Crippen molar-refractivity contribution < 1.29 is 23.1 Å². The Morgan fingerprint density at radius 3 is 2.28 bits per heavy atom. The molecule has 0 rings (SSSR count). The van der Waals surface area contributed by atoms with Gasteiger partial charge in [-0.2, -0.15) is 0 Å². The number of hydrogen-bond acceptors (Lipinski definition) is 5. The van der Waals surface area contributed by atoms with Crippen molar-refractivity contribution in [3.05, 3.63) is 0 Å². The number of carboxylic acid groups (broad SMARTS) is 1. The number of aliphatic carboxylic acids is 1.